The number of amides is 1. The van der Waals surface area contributed by atoms with Crippen LogP contribution in [0.1, 0.15) is 26.3 Å². The van der Waals surface area contributed by atoms with Crippen LogP contribution in [0.3, 0.4) is 0 Å². The highest BCUT2D eigenvalue weighted by Crippen LogP contribution is 2.15. The number of hydrogen-bond acceptors (Lipinski definition) is 3. The first-order valence-electron chi connectivity index (χ1n) is 6.51. The Morgan fingerprint density at radius 3 is 2.65 bits per heavy atom. The van der Waals surface area contributed by atoms with E-state index in [0.29, 0.717) is 11.3 Å². The van der Waals surface area contributed by atoms with Crippen LogP contribution in [0.5, 0.6) is 0 Å². The number of halogens is 1. The summed E-state index contributed by atoms with van der Waals surface area (Å²) in [7, 11) is 0. The molecule has 0 aliphatic carbocycles. The third-order valence-corrected chi connectivity index (χ3v) is 3.41. The molecule has 1 aromatic rings. The molecule has 1 aromatic carbocycles. The van der Waals surface area contributed by atoms with Gasteiger partial charge in [-0.2, -0.15) is 5.26 Å². The van der Waals surface area contributed by atoms with E-state index in [4.69, 9.17) is 5.26 Å². The minimum atomic E-state index is -0.905. The van der Waals surface area contributed by atoms with Crippen molar-refractivity contribution in [2.45, 2.75) is 33.2 Å². The van der Waals surface area contributed by atoms with Crippen LogP contribution >= 0.6 is 0 Å². The number of carbonyl (C=O) groups is 1. The summed E-state index contributed by atoms with van der Waals surface area (Å²) < 4.78 is 13.4. The van der Waals surface area contributed by atoms with Gasteiger partial charge in [-0.3, -0.25) is 4.79 Å². The van der Waals surface area contributed by atoms with Crippen molar-refractivity contribution in [2.75, 3.05) is 11.9 Å². The van der Waals surface area contributed by atoms with Crippen molar-refractivity contribution in [1.29, 1.82) is 5.26 Å². The van der Waals surface area contributed by atoms with Gasteiger partial charge in [0.05, 0.1) is 12.6 Å². The van der Waals surface area contributed by atoms with Crippen molar-refractivity contribution in [2.24, 2.45) is 5.92 Å². The van der Waals surface area contributed by atoms with Crippen LogP contribution in [-0.2, 0) is 4.79 Å². The third kappa shape index (κ3) is 3.95. The number of carbonyl (C=O) groups excluding carboxylic acids is 1. The Hall–Kier alpha value is -2.09. The molecule has 0 saturated heterocycles. The fourth-order valence-electron chi connectivity index (χ4n) is 1.52. The normalized spacial score (nSPS) is 13.4. The van der Waals surface area contributed by atoms with E-state index in [1.54, 1.807) is 26.0 Å². The van der Waals surface area contributed by atoms with E-state index in [2.05, 4.69) is 16.7 Å². The van der Waals surface area contributed by atoms with Crippen LogP contribution < -0.4 is 10.6 Å². The number of aryl methyl sites for hydroxylation is 1. The van der Waals surface area contributed by atoms with Gasteiger partial charge in [0, 0.05) is 5.69 Å². The molecule has 2 N–H and O–H groups in total. The molecule has 0 heterocycles. The van der Waals surface area contributed by atoms with Gasteiger partial charge in [0.15, 0.2) is 0 Å². The number of nitrogens with one attached hydrogen (secondary N) is 2. The molecule has 1 rings (SSSR count). The zero-order chi connectivity index (χ0) is 15.3. The number of hydrogen-bond donors (Lipinski definition) is 2. The van der Waals surface area contributed by atoms with Crippen molar-refractivity contribution in [3.05, 3.63) is 29.6 Å². The zero-order valence-corrected chi connectivity index (χ0v) is 12.2. The van der Waals surface area contributed by atoms with Gasteiger partial charge in [0.1, 0.15) is 11.4 Å². The van der Waals surface area contributed by atoms with Crippen LogP contribution in [0.25, 0.3) is 0 Å². The second-order valence-corrected chi connectivity index (χ2v) is 5.33. The lowest BCUT2D eigenvalue weighted by Crippen LogP contribution is -2.50. The van der Waals surface area contributed by atoms with Crippen molar-refractivity contribution in [3.8, 4) is 6.07 Å². The molecule has 0 saturated carbocycles. The molecule has 0 radical (unpaired) electrons. The molecule has 0 unspecified atom stereocenters. The highest BCUT2D eigenvalue weighted by molar-refractivity contribution is 5.81. The fourth-order valence-corrected chi connectivity index (χ4v) is 1.52. The summed E-state index contributed by atoms with van der Waals surface area (Å²) in [5.41, 5.74) is 0.181. The van der Waals surface area contributed by atoms with E-state index in [9.17, 15) is 9.18 Å². The fraction of sp³-hybridized carbons (Fsp3) is 0.467. The van der Waals surface area contributed by atoms with Gasteiger partial charge in [-0.15, -0.1) is 0 Å². The summed E-state index contributed by atoms with van der Waals surface area (Å²) in [4.78, 5) is 11.8. The number of anilines is 1. The van der Waals surface area contributed by atoms with Gasteiger partial charge in [-0.05, 0) is 37.5 Å². The van der Waals surface area contributed by atoms with Crippen LogP contribution in [-0.4, -0.2) is 18.0 Å². The summed E-state index contributed by atoms with van der Waals surface area (Å²) in [6, 6.07) is 6.79. The number of rotatable bonds is 5. The van der Waals surface area contributed by atoms with Crippen LogP contribution in [0, 0.1) is 30.0 Å². The van der Waals surface area contributed by atoms with Crippen molar-refractivity contribution in [1.82, 2.24) is 5.32 Å². The molecule has 1 atom stereocenters. The summed E-state index contributed by atoms with van der Waals surface area (Å²) in [6.07, 6.45) is 0. The Balaban J connectivity index is 2.60. The predicted octanol–water partition coefficient (Wildman–Crippen LogP) is 2.60. The van der Waals surface area contributed by atoms with Gasteiger partial charge in [-0.1, -0.05) is 19.9 Å². The van der Waals surface area contributed by atoms with E-state index < -0.39 is 5.54 Å². The molecule has 20 heavy (non-hydrogen) atoms. The minimum Gasteiger partial charge on any atom is -0.376 e. The second kappa shape index (κ2) is 6.38. The highest BCUT2D eigenvalue weighted by Gasteiger charge is 2.29. The predicted molar refractivity (Wildman–Crippen MR) is 76.6 cm³/mol. The topological polar surface area (TPSA) is 64.9 Å². The molecule has 5 heteroatoms. The number of benzene rings is 1. The van der Waals surface area contributed by atoms with Gasteiger partial charge in [0.25, 0.3) is 0 Å². The lowest BCUT2D eigenvalue weighted by atomic mass is 9.90. The van der Waals surface area contributed by atoms with Gasteiger partial charge in [-0.25, -0.2) is 4.39 Å². The summed E-state index contributed by atoms with van der Waals surface area (Å²) in [5, 5.41) is 14.6. The molecule has 0 aromatic heterocycles. The molecule has 0 aliphatic rings. The molecule has 0 bridgehead atoms. The Bertz CT molecular complexity index is 536. The summed E-state index contributed by atoms with van der Waals surface area (Å²) >= 11 is 0. The van der Waals surface area contributed by atoms with E-state index in [1.165, 1.54) is 6.07 Å². The third-order valence-electron chi connectivity index (χ3n) is 3.41. The number of nitrogens with zero attached hydrogens (tertiary/aromatic N) is 1. The first-order valence-corrected chi connectivity index (χ1v) is 6.51. The molecule has 108 valence electrons. The standard InChI is InChI=1S/C15H20FN3O/c1-10(2)15(4,9-17)19-14(20)8-18-12-6-5-11(3)13(16)7-12/h5-7,10,18H,8H2,1-4H3,(H,19,20)/t15-/m1/s1. The minimum absolute atomic E-state index is 0.00623. The lowest BCUT2D eigenvalue weighted by Gasteiger charge is -2.27. The van der Waals surface area contributed by atoms with E-state index >= 15 is 0 Å². The molecular weight excluding hydrogens is 257 g/mol. The van der Waals surface area contributed by atoms with E-state index in [-0.39, 0.29) is 24.2 Å². The smallest absolute Gasteiger partial charge is 0.240 e. The molecule has 0 aliphatic heterocycles. The SMILES string of the molecule is Cc1ccc(NCC(=O)N[C@](C)(C#N)C(C)C)cc1F. The zero-order valence-electron chi connectivity index (χ0n) is 12.2. The Morgan fingerprint density at radius 2 is 2.15 bits per heavy atom. The van der Waals surface area contributed by atoms with Crippen LogP contribution in [0.2, 0.25) is 0 Å². The average Bonchev–Trinajstić information content (AvgIpc) is 2.39. The van der Waals surface area contributed by atoms with Crippen LogP contribution in [0.15, 0.2) is 18.2 Å². The molecule has 4 nitrogen and oxygen atoms in total. The second-order valence-electron chi connectivity index (χ2n) is 5.33. The van der Waals surface area contributed by atoms with Crippen molar-refractivity contribution in [3.63, 3.8) is 0 Å². The van der Waals surface area contributed by atoms with Crippen molar-refractivity contribution < 1.29 is 9.18 Å². The van der Waals surface area contributed by atoms with Gasteiger partial charge < -0.3 is 10.6 Å². The Kier molecular flexibility index (Phi) is 5.09. The largest absolute Gasteiger partial charge is 0.376 e. The molecule has 1 amide bonds. The van der Waals surface area contributed by atoms with E-state index in [0.717, 1.165) is 0 Å². The Morgan fingerprint density at radius 1 is 1.50 bits per heavy atom. The maximum atomic E-state index is 13.4. The first-order chi connectivity index (χ1) is 9.28. The monoisotopic (exact) mass is 277 g/mol. The van der Waals surface area contributed by atoms with Crippen molar-refractivity contribution >= 4 is 11.6 Å². The quantitative estimate of drug-likeness (QED) is 0.869. The first kappa shape index (κ1) is 16.0. The summed E-state index contributed by atoms with van der Waals surface area (Å²) in [5.74, 6) is -0.628. The van der Waals surface area contributed by atoms with Crippen LogP contribution in [0.4, 0.5) is 10.1 Å². The van der Waals surface area contributed by atoms with Gasteiger partial charge >= 0.3 is 0 Å². The maximum absolute atomic E-state index is 13.4. The summed E-state index contributed by atoms with van der Waals surface area (Å²) in [6.45, 7) is 7.08. The van der Waals surface area contributed by atoms with E-state index in [1.807, 2.05) is 13.8 Å². The molecular formula is C15H20FN3O. The van der Waals surface area contributed by atoms with Gasteiger partial charge in [0.2, 0.25) is 5.91 Å². The molecule has 0 spiro atoms. The maximum Gasteiger partial charge on any atom is 0.240 e. The Labute approximate surface area is 119 Å². The number of nitriles is 1. The average molecular weight is 277 g/mol. The lowest BCUT2D eigenvalue weighted by molar-refractivity contribution is -0.121. The molecule has 0 fully saturated rings. The highest BCUT2D eigenvalue weighted by atomic mass is 19.1.